The van der Waals surface area contributed by atoms with Crippen molar-refractivity contribution in [3.05, 3.63) is 205 Å². The molecule has 258 valence electrons. The highest BCUT2D eigenvalue weighted by molar-refractivity contribution is 6.28. The summed E-state index contributed by atoms with van der Waals surface area (Å²) in [6.45, 7) is 0.818. The van der Waals surface area contributed by atoms with Gasteiger partial charge in [0.2, 0.25) is 0 Å². The van der Waals surface area contributed by atoms with Gasteiger partial charge in [0.1, 0.15) is 0 Å². The molecular weight excluding hydrogens is 665 g/mol. The number of rotatable bonds is 6. The zero-order valence-electron chi connectivity index (χ0n) is 30.2. The maximum Gasteiger partial charge on any atom is 0.0467 e. The van der Waals surface area contributed by atoms with Crippen LogP contribution in [-0.4, -0.2) is 0 Å². The zero-order valence-corrected chi connectivity index (χ0v) is 30.2. The molecule has 1 heterocycles. The molecule has 2 heteroatoms. The predicted molar refractivity (Wildman–Crippen MR) is 233 cm³/mol. The summed E-state index contributed by atoms with van der Waals surface area (Å²) in [6, 6.07) is 69.1. The molecule has 0 radical (unpaired) electrons. The van der Waals surface area contributed by atoms with E-state index in [0.717, 1.165) is 23.6 Å². The van der Waals surface area contributed by atoms with Crippen LogP contribution in [0.5, 0.6) is 0 Å². The standard InChI is InChI=1S/C53H36N2/c1-4-14-36(15-5-1)49-45-22-10-11-23-46(45)50(37-16-6-2-7-17-37)53-48-29-28-43(44-24-13-25-47(51(44)48)52(49)53)38-18-12-21-41(32-38)55(40-19-8-3-9-20-40)42-27-26-35-30-31-54-34-39(35)33-42/h1-33,54H,34H2. The van der Waals surface area contributed by atoms with Gasteiger partial charge in [-0.3, -0.25) is 0 Å². The monoisotopic (exact) mass is 700 g/mol. The van der Waals surface area contributed by atoms with E-state index < -0.39 is 0 Å². The summed E-state index contributed by atoms with van der Waals surface area (Å²) < 4.78 is 0. The van der Waals surface area contributed by atoms with E-state index >= 15 is 0 Å². The fourth-order valence-electron chi connectivity index (χ4n) is 9.06. The fourth-order valence-corrected chi connectivity index (χ4v) is 9.06. The molecule has 0 fully saturated rings. The second-order valence-corrected chi connectivity index (χ2v) is 14.5. The Morgan fingerprint density at radius 2 is 0.927 bits per heavy atom. The molecule has 1 aliphatic carbocycles. The third-order valence-corrected chi connectivity index (χ3v) is 11.4. The van der Waals surface area contributed by atoms with Crippen LogP contribution >= 0.6 is 0 Å². The van der Waals surface area contributed by atoms with Gasteiger partial charge in [-0.2, -0.15) is 0 Å². The molecule has 2 aliphatic rings. The Bertz CT molecular complexity index is 2870. The summed E-state index contributed by atoms with van der Waals surface area (Å²) in [5.74, 6) is 0. The van der Waals surface area contributed by atoms with Gasteiger partial charge in [0.15, 0.2) is 0 Å². The average Bonchev–Trinajstić information content (AvgIpc) is 3.58. The Labute approximate surface area is 321 Å². The molecule has 1 aliphatic heterocycles. The van der Waals surface area contributed by atoms with Gasteiger partial charge in [0.25, 0.3) is 0 Å². The van der Waals surface area contributed by atoms with Crippen molar-refractivity contribution in [1.82, 2.24) is 5.32 Å². The molecule has 0 atom stereocenters. The van der Waals surface area contributed by atoms with Crippen molar-refractivity contribution in [3.8, 4) is 55.6 Å². The van der Waals surface area contributed by atoms with Gasteiger partial charge in [-0.25, -0.2) is 0 Å². The molecule has 0 aromatic heterocycles. The van der Waals surface area contributed by atoms with E-state index in [2.05, 4.69) is 204 Å². The molecule has 0 unspecified atom stereocenters. The van der Waals surface area contributed by atoms with Gasteiger partial charge >= 0.3 is 0 Å². The van der Waals surface area contributed by atoms with E-state index in [-0.39, 0.29) is 0 Å². The predicted octanol–water partition coefficient (Wildman–Crippen LogP) is 14.2. The van der Waals surface area contributed by atoms with Crippen LogP contribution in [-0.2, 0) is 6.54 Å². The maximum absolute atomic E-state index is 3.39. The van der Waals surface area contributed by atoms with E-state index in [4.69, 9.17) is 0 Å². The minimum Gasteiger partial charge on any atom is -0.387 e. The summed E-state index contributed by atoms with van der Waals surface area (Å²) >= 11 is 0. The highest BCUT2D eigenvalue weighted by atomic mass is 15.1. The van der Waals surface area contributed by atoms with Crippen LogP contribution in [0.1, 0.15) is 11.1 Å². The van der Waals surface area contributed by atoms with Crippen molar-refractivity contribution in [2.24, 2.45) is 0 Å². The lowest BCUT2D eigenvalue weighted by atomic mass is 9.82. The van der Waals surface area contributed by atoms with Crippen LogP contribution in [0.25, 0.3) is 83.3 Å². The molecule has 9 aromatic carbocycles. The molecule has 0 saturated carbocycles. The van der Waals surface area contributed by atoms with E-state index in [0.29, 0.717) is 0 Å². The van der Waals surface area contributed by atoms with Crippen molar-refractivity contribution in [3.63, 3.8) is 0 Å². The quantitative estimate of drug-likeness (QED) is 0.186. The minimum absolute atomic E-state index is 0.818. The Hall–Kier alpha value is -7.16. The first kappa shape index (κ1) is 31.4. The molecule has 0 bridgehead atoms. The normalized spacial score (nSPS) is 12.4. The summed E-state index contributed by atoms with van der Waals surface area (Å²) in [4.78, 5) is 2.38. The highest BCUT2D eigenvalue weighted by Gasteiger charge is 2.31. The molecule has 1 N–H and O–H groups in total. The third kappa shape index (κ3) is 5.03. The smallest absolute Gasteiger partial charge is 0.0467 e. The zero-order chi connectivity index (χ0) is 36.3. The van der Waals surface area contributed by atoms with Crippen molar-refractivity contribution in [1.29, 1.82) is 0 Å². The van der Waals surface area contributed by atoms with Crippen LogP contribution in [0.15, 0.2) is 194 Å². The number of hydrogen-bond acceptors (Lipinski definition) is 2. The topological polar surface area (TPSA) is 15.3 Å². The Morgan fingerprint density at radius 3 is 1.64 bits per heavy atom. The third-order valence-electron chi connectivity index (χ3n) is 11.4. The Kier molecular flexibility index (Phi) is 7.28. The molecule has 0 spiro atoms. The minimum atomic E-state index is 0.818. The molecule has 9 aromatic rings. The summed E-state index contributed by atoms with van der Waals surface area (Å²) in [5.41, 5.74) is 18.7. The number of anilines is 3. The van der Waals surface area contributed by atoms with Gasteiger partial charge in [-0.05, 0) is 137 Å². The van der Waals surface area contributed by atoms with E-state index in [1.165, 1.54) is 88.3 Å². The molecule has 0 amide bonds. The van der Waals surface area contributed by atoms with Crippen molar-refractivity contribution >= 4 is 44.7 Å². The average molecular weight is 701 g/mol. The second kappa shape index (κ2) is 12.8. The van der Waals surface area contributed by atoms with Crippen LogP contribution in [0.2, 0.25) is 0 Å². The molecule has 2 nitrogen and oxygen atoms in total. The highest BCUT2D eigenvalue weighted by Crippen LogP contribution is 2.58. The van der Waals surface area contributed by atoms with E-state index in [1.54, 1.807) is 0 Å². The van der Waals surface area contributed by atoms with Gasteiger partial charge in [0.05, 0.1) is 0 Å². The maximum atomic E-state index is 3.39. The first-order valence-corrected chi connectivity index (χ1v) is 19.1. The van der Waals surface area contributed by atoms with E-state index in [9.17, 15) is 0 Å². The Morgan fingerprint density at radius 1 is 0.382 bits per heavy atom. The van der Waals surface area contributed by atoms with Gasteiger partial charge < -0.3 is 10.2 Å². The van der Waals surface area contributed by atoms with Gasteiger partial charge in [-0.15, -0.1) is 0 Å². The van der Waals surface area contributed by atoms with Gasteiger partial charge in [-0.1, -0.05) is 152 Å². The first-order chi connectivity index (χ1) is 27.3. The second-order valence-electron chi connectivity index (χ2n) is 14.5. The SMILES string of the molecule is C1=Cc2ccc(N(c3ccccc3)c3cccc(-c4ccc5c6c(cccc46)-c4c-5c(-c5ccccc5)c5ccccc5c4-c4ccccc4)c3)cc2CN1. The number of nitrogens with one attached hydrogen (secondary N) is 1. The molecule has 11 rings (SSSR count). The molecule has 55 heavy (non-hydrogen) atoms. The molecule has 0 saturated heterocycles. The van der Waals surface area contributed by atoms with Crippen LogP contribution < -0.4 is 10.2 Å². The van der Waals surface area contributed by atoms with E-state index in [1.807, 2.05) is 6.20 Å². The first-order valence-electron chi connectivity index (χ1n) is 19.1. The van der Waals surface area contributed by atoms with Crippen molar-refractivity contribution < 1.29 is 0 Å². The van der Waals surface area contributed by atoms with Crippen molar-refractivity contribution in [2.45, 2.75) is 6.54 Å². The van der Waals surface area contributed by atoms with Crippen molar-refractivity contribution in [2.75, 3.05) is 4.90 Å². The Balaban J connectivity index is 1.14. The number of fused-ring (bicyclic) bond motifs is 5. The summed E-state index contributed by atoms with van der Waals surface area (Å²) in [5, 5.41) is 8.53. The largest absolute Gasteiger partial charge is 0.387 e. The summed E-state index contributed by atoms with van der Waals surface area (Å²) in [6.07, 6.45) is 4.18. The fraction of sp³-hybridized carbons (Fsp3) is 0.0189. The van der Waals surface area contributed by atoms with Crippen LogP contribution in [0.3, 0.4) is 0 Å². The number of hydrogen-bond donors (Lipinski definition) is 1. The molecular formula is C53H36N2. The van der Waals surface area contributed by atoms with Gasteiger partial charge in [0, 0.05) is 23.6 Å². The lowest BCUT2D eigenvalue weighted by Gasteiger charge is -2.27. The number of para-hydroxylation sites is 1. The number of nitrogens with zero attached hydrogens (tertiary/aromatic N) is 1. The lowest BCUT2D eigenvalue weighted by molar-refractivity contribution is 0.858. The van der Waals surface area contributed by atoms with Crippen LogP contribution in [0, 0.1) is 0 Å². The van der Waals surface area contributed by atoms with Crippen LogP contribution in [0.4, 0.5) is 17.1 Å². The lowest BCUT2D eigenvalue weighted by Crippen LogP contribution is -2.13. The summed E-state index contributed by atoms with van der Waals surface area (Å²) in [7, 11) is 0. The number of benzene rings is 9.